The highest BCUT2D eigenvalue weighted by Gasteiger charge is 2.57. The molecular formula is C24H22F3N5O4. The molecule has 0 spiro atoms. The number of amides is 2. The van der Waals surface area contributed by atoms with Crippen LogP contribution in [-0.2, 0) is 0 Å². The van der Waals surface area contributed by atoms with E-state index in [1.165, 1.54) is 16.9 Å². The lowest BCUT2D eigenvalue weighted by Gasteiger charge is -2.45. The Morgan fingerprint density at radius 1 is 1.22 bits per heavy atom. The maximum Gasteiger partial charge on any atom is 0.411 e. The average molecular weight is 501 g/mol. The molecule has 2 N–H and O–H groups in total. The molecule has 1 saturated heterocycles. The number of ether oxygens (including phenoxy) is 1. The van der Waals surface area contributed by atoms with E-state index >= 15 is 0 Å². The van der Waals surface area contributed by atoms with Crippen molar-refractivity contribution in [3.8, 4) is 11.5 Å². The highest BCUT2D eigenvalue weighted by molar-refractivity contribution is 5.99. The van der Waals surface area contributed by atoms with Crippen molar-refractivity contribution in [3.63, 3.8) is 0 Å². The first-order valence-electron chi connectivity index (χ1n) is 11.1. The van der Waals surface area contributed by atoms with Crippen molar-refractivity contribution in [3.05, 3.63) is 65.2 Å². The lowest BCUT2D eigenvalue weighted by Crippen LogP contribution is -2.68. The van der Waals surface area contributed by atoms with Crippen molar-refractivity contribution < 1.29 is 32.6 Å². The van der Waals surface area contributed by atoms with Crippen LogP contribution in [0.25, 0.3) is 11.0 Å². The minimum atomic E-state index is -4.74. The zero-order valence-electron chi connectivity index (χ0n) is 19.5. The van der Waals surface area contributed by atoms with Crippen molar-refractivity contribution >= 4 is 22.8 Å². The fraction of sp³-hybridized carbons (Fsp3) is 0.292. The molecule has 0 radical (unpaired) electrons. The molecule has 4 aromatic heterocycles. The van der Waals surface area contributed by atoms with Gasteiger partial charge in [-0.3, -0.25) is 9.59 Å². The Labute approximate surface area is 202 Å². The molecule has 1 aliphatic rings. The van der Waals surface area contributed by atoms with Crippen LogP contribution in [0.2, 0.25) is 0 Å². The monoisotopic (exact) mass is 501 g/mol. The van der Waals surface area contributed by atoms with E-state index in [-0.39, 0.29) is 11.5 Å². The number of hydrogen-bond donors (Lipinski definition) is 2. The summed E-state index contributed by atoms with van der Waals surface area (Å²) in [6, 6.07) is 4.61. The number of aliphatic hydroxyl groups excluding tert-OH is 1. The zero-order valence-corrected chi connectivity index (χ0v) is 19.5. The average Bonchev–Trinajstić information content (AvgIpc) is 3.31. The number of carbonyl (C=O) groups is 2. The molecule has 188 valence electrons. The Kier molecular flexibility index (Phi) is 5.43. The van der Waals surface area contributed by atoms with Crippen molar-refractivity contribution in [2.24, 2.45) is 0 Å². The lowest BCUT2D eigenvalue weighted by atomic mass is 9.97. The Bertz CT molecular complexity index is 1520. The Hall–Kier alpha value is -4.06. The standard InChI is InChI=1S/C24H22F3N5O4/c1-12-8-14-9-15(5-7-30(14)19(12)22(34)28-3)36-18-4-6-29-32-10-16(13(2)20(18)32)23(35)31-11-17(33)21(31)24(25,26)27/h4-10,17,21,33H,11H2,1-3H3,(H,28,34)/t17-,21+/m0/s1. The fourth-order valence-electron chi connectivity index (χ4n) is 4.65. The van der Waals surface area contributed by atoms with Gasteiger partial charge in [0.25, 0.3) is 11.8 Å². The first-order chi connectivity index (χ1) is 17.0. The van der Waals surface area contributed by atoms with Crippen LogP contribution in [0.3, 0.4) is 0 Å². The van der Waals surface area contributed by atoms with Crippen molar-refractivity contribution in [2.45, 2.75) is 32.2 Å². The maximum atomic E-state index is 13.3. The summed E-state index contributed by atoms with van der Waals surface area (Å²) in [5, 5.41) is 16.4. The Morgan fingerprint density at radius 2 is 1.97 bits per heavy atom. The molecule has 2 amide bonds. The van der Waals surface area contributed by atoms with Gasteiger partial charge in [0.1, 0.15) is 23.1 Å². The normalized spacial score (nSPS) is 17.9. The van der Waals surface area contributed by atoms with Gasteiger partial charge in [-0.25, -0.2) is 4.52 Å². The molecular weight excluding hydrogens is 479 g/mol. The van der Waals surface area contributed by atoms with Crippen molar-refractivity contribution in [2.75, 3.05) is 13.6 Å². The molecule has 2 atom stereocenters. The van der Waals surface area contributed by atoms with Gasteiger partial charge in [0.05, 0.1) is 18.3 Å². The Morgan fingerprint density at radius 3 is 2.64 bits per heavy atom. The molecule has 1 aliphatic heterocycles. The predicted molar refractivity (Wildman–Crippen MR) is 122 cm³/mol. The van der Waals surface area contributed by atoms with Gasteiger partial charge in [-0.2, -0.15) is 18.3 Å². The van der Waals surface area contributed by atoms with Crippen LogP contribution >= 0.6 is 0 Å². The van der Waals surface area contributed by atoms with Gasteiger partial charge in [0.15, 0.2) is 11.8 Å². The summed E-state index contributed by atoms with van der Waals surface area (Å²) in [7, 11) is 1.56. The van der Waals surface area contributed by atoms with E-state index < -0.39 is 30.8 Å². The van der Waals surface area contributed by atoms with Crippen molar-refractivity contribution in [1.82, 2.24) is 24.2 Å². The molecule has 9 nitrogen and oxygen atoms in total. The minimum Gasteiger partial charge on any atom is -0.455 e. The number of nitrogens with one attached hydrogen (secondary N) is 1. The van der Waals surface area contributed by atoms with Crippen LogP contribution in [0.5, 0.6) is 11.5 Å². The van der Waals surface area contributed by atoms with Crippen LogP contribution in [-0.4, -0.2) is 67.8 Å². The summed E-state index contributed by atoms with van der Waals surface area (Å²) in [6.07, 6.45) is -1.88. The van der Waals surface area contributed by atoms with Gasteiger partial charge >= 0.3 is 6.18 Å². The van der Waals surface area contributed by atoms with Gasteiger partial charge < -0.3 is 24.5 Å². The highest BCUT2D eigenvalue weighted by Crippen LogP contribution is 2.37. The molecule has 0 unspecified atom stereocenters. The number of aryl methyl sites for hydroxylation is 2. The number of carbonyl (C=O) groups excluding carboxylic acids is 2. The number of nitrogens with zero attached hydrogens (tertiary/aromatic N) is 4. The molecule has 5 rings (SSSR count). The molecule has 36 heavy (non-hydrogen) atoms. The van der Waals surface area contributed by atoms with E-state index in [1.807, 2.05) is 13.0 Å². The third-order valence-electron chi connectivity index (χ3n) is 6.41. The topological polar surface area (TPSA) is 101 Å². The molecule has 1 fully saturated rings. The number of pyridine rings is 1. The van der Waals surface area contributed by atoms with E-state index in [0.29, 0.717) is 33.2 Å². The first-order valence-corrected chi connectivity index (χ1v) is 11.1. The number of halogens is 3. The van der Waals surface area contributed by atoms with Gasteiger partial charge in [-0.15, -0.1) is 0 Å². The summed E-state index contributed by atoms with van der Waals surface area (Å²) < 4.78 is 49.0. The number of alkyl halides is 3. The number of likely N-dealkylation sites (tertiary alicyclic amines) is 1. The number of rotatable bonds is 4. The maximum absolute atomic E-state index is 13.3. The summed E-state index contributed by atoms with van der Waals surface area (Å²) in [6.45, 7) is 3.03. The second-order valence-corrected chi connectivity index (χ2v) is 8.68. The summed E-state index contributed by atoms with van der Waals surface area (Å²) in [4.78, 5) is 25.8. The van der Waals surface area contributed by atoms with Crippen molar-refractivity contribution in [1.29, 1.82) is 0 Å². The summed E-state index contributed by atoms with van der Waals surface area (Å²) in [5.41, 5.74) is 2.87. The largest absolute Gasteiger partial charge is 0.455 e. The van der Waals surface area contributed by atoms with E-state index in [9.17, 15) is 27.9 Å². The van der Waals surface area contributed by atoms with Gasteiger partial charge in [-0.05, 0) is 37.1 Å². The number of hydrogen-bond acceptors (Lipinski definition) is 5. The van der Waals surface area contributed by atoms with Crippen LogP contribution in [0.4, 0.5) is 13.2 Å². The second-order valence-electron chi connectivity index (χ2n) is 8.68. The van der Waals surface area contributed by atoms with Crippen LogP contribution in [0.1, 0.15) is 32.0 Å². The third-order valence-corrected chi connectivity index (χ3v) is 6.41. The Balaban J connectivity index is 1.49. The molecule has 0 aromatic carbocycles. The molecule has 0 bridgehead atoms. The molecule has 12 heteroatoms. The number of aliphatic hydroxyl groups is 1. The SMILES string of the molecule is CNC(=O)c1c(C)cc2cc(Oc3ccnn4cc(C(=O)N5C[C@H](O)[C@@H]5C(F)(F)F)c(C)c34)ccn12. The third kappa shape index (κ3) is 3.65. The summed E-state index contributed by atoms with van der Waals surface area (Å²) >= 11 is 0. The number of fused-ring (bicyclic) bond motifs is 2. The predicted octanol–water partition coefficient (Wildman–Crippen LogP) is 3.10. The second kappa shape index (κ2) is 8.26. The van der Waals surface area contributed by atoms with E-state index in [2.05, 4.69) is 10.4 Å². The van der Waals surface area contributed by atoms with Gasteiger partial charge in [0.2, 0.25) is 0 Å². The number of β-amino-alcohol motifs (C(OH)–C–C–N with tert-alkyl or cyclic N) is 1. The smallest absolute Gasteiger partial charge is 0.411 e. The highest BCUT2D eigenvalue weighted by atomic mass is 19.4. The molecule has 5 heterocycles. The van der Waals surface area contributed by atoms with E-state index in [0.717, 1.165) is 11.1 Å². The molecule has 0 aliphatic carbocycles. The first kappa shape index (κ1) is 23.7. The van der Waals surface area contributed by atoms with E-state index in [4.69, 9.17) is 4.74 Å². The van der Waals surface area contributed by atoms with Crippen LogP contribution in [0.15, 0.2) is 42.9 Å². The minimum absolute atomic E-state index is 0.0348. The lowest BCUT2D eigenvalue weighted by molar-refractivity contribution is -0.234. The fourth-order valence-corrected chi connectivity index (χ4v) is 4.65. The molecule has 4 aromatic rings. The number of aromatic nitrogens is 3. The van der Waals surface area contributed by atoms with Crippen LogP contribution in [0, 0.1) is 13.8 Å². The quantitative estimate of drug-likeness (QED) is 0.448. The van der Waals surface area contributed by atoms with Gasteiger partial charge in [-0.1, -0.05) is 0 Å². The summed E-state index contributed by atoms with van der Waals surface area (Å²) in [5.74, 6) is -0.270. The van der Waals surface area contributed by atoms with E-state index in [1.54, 1.807) is 42.8 Å². The zero-order chi connectivity index (χ0) is 25.9. The molecule has 0 saturated carbocycles. The van der Waals surface area contributed by atoms with Crippen LogP contribution < -0.4 is 10.1 Å². The van der Waals surface area contributed by atoms with Gasteiger partial charge in [0, 0.05) is 37.1 Å².